The maximum atomic E-state index is 9.52. The third kappa shape index (κ3) is 8.84. The smallest absolute Gasteiger partial charge is 0.0141 e. The van der Waals surface area contributed by atoms with Gasteiger partial charge in [0.2, 0.25) is 0 Å². The molecule has 0 aliphatic carbocycles. The van der Waals surface area contributed by atoms with Gasteiger partial charge in [-0.25, -0.2) is 11.2 Å². The van der Waals surface area contributed by atoms with Gasteiger partial charge in [-0.3, -0.25) is 0 Å². The van der Waals surface area contributed by atoms with Gasteiger partial charge in [-0.1, -0.05) is 17.1 Å². The predicted molar refractivity (Wildman–Crippen MR) is 29.2 cm³/mol. The third-order valence-electron chi connectivity index (χ3n) is 0.136. The van der Waals surface area contributed by atoms with Crippen molar-refractivity contribution in [2.24, 2.45) is 0 Å². The molecule has 0 saturated carbocycles. The Bertz CT molecular complexity index is 67.6. The first-order valence-electron chi connectivity index (χ1n) is 0.908. The van der Waals surface area contributed by atoms with Crippen LogP contribution in [0.2, 0.25) is 0 Å². The summed E-state index contributed by atoms with van der Waals surface area (Å²) in [6, 6.07) is 0. The molecule has 4 heteroatoms. The number of rotatable bonds is 1. The van der Waals surface area contributed by atoms with Crippen LogP contribution in [0.3, 0.4) is 0 Å². The SMILES string of the molecule is C.CO[S-](=O)=S. The average molecular weight is 127 g/mol. The Morgan fingerprint density at radius 2 is 2.00 bits per heavy atom. The molecule has 0 aliphatic rings. The van der Waals surface area contributed by atoms with Crippen LogP contribution < -0.4 is 0 Å². The van der Waals surface area contributed by atoms with Gasteiger partial charge >= 0.3 is 0 Å². The first-order chi connectivity index (χ1) is 2.27. The van der Waals surface area contributed by atoms with E-state index >= 15 is 0 Å². The minimum Gasteiger partial charge on any atom is -0.446 e. The molecular weight excluding hydrogens is 120 g/mol. The number of hydrogen-bond acceptors (Lipinski definition) is 4. The topological polar surface area (TPSA) is 26.3 Å². The molecule has 2 nitrogen and oxygen atoms in total. The summed E-state index contributed by atoms with van der Waals surface area (Å²) in [5.41, 5.74) is 0. The molecule has 0 aromatic rings. The van der Waals surface area contributed by atoms with Crippen LogP contribution in [0.25, 0.3) is 0 Å². The lowest BCUT2D eigenvalue weighted by atomic mass is 11.8. The van der Waals surface area contributed by atoms with Crippen LogP contribution in [0.5, 0.6) is 0 Å². The second kappa shape index (κ2) is 5.33. The van der Waals surface area contributed by atoms with E-state index in [9.17, 15) is 4.21 Å². The van der Waals surface area contributed by atoms with Gasteiger partial charge in [0.1, 0.15) is 0 Å². The minimum absolute atomic E-state index is 0. The van der Waals surface area contributed by atoms with Crippen molar-refractivity contribution in [3.05, 3.63) is 0 Å². The molecule has 0 atom stereocenters. The molecular formula is C2H7O2S2-. The standard InChI is InChI=1S/CH3O2S2.CH4/c1-3-5(2)4;/h1H3;1H4/q-1;. The van der Waals surface area contributed by atoms with Crippen molar-refractivity contribution in [3.8, 4) is 0 Å². The maximum Gasteiger partial charge on any atom is 0.0141 e. The van der Waals surface area contributed by atoms with Gasteiger partial charge in [0, 0.05) is 7.11 Å². The predicted octanol–water partition coefficient (Wildman–Crippen LogP) is 0.610. The van der Waals surface area contributed by atoms with Crippen LogP contribution in [0.4, 0.5) is 0 Å². The van der Waals surface area contributed by atoms with Crippen molar-refractivity contribution in [2.75, 3.05) is 7.11 Å². The first-order valence-corrected chi connectivity index (χ1v) is 2.91. The molecule has 0 saturated heterocycles. The van der Waals surface area contributed by atoms with Crippen molar-refractivity contribution in [2.45, 2.75) is 7.43 Å². The summed E-state index contributed by atoms with van der Waals surface area (Å²) in [5, 5.41) is 0. The summed E-state index contributed by atoms with van der Waals surface area (Å²) < 4.78 is 13.6. The van der Waals surface area contributed by atoms with Crippen molar-refractivity contribution in [3.63, 3.8) is 0 Å². The van der Waals surface area contributed by atoms with Gasteiger partial charge < -0.3 is 8.39 Å². The normalized spacial score (nSPS) is 7.67. The Hall–Kier alpha value is 0.330. The van der Waals surface area contributed by atoms with Gasteiger partial charge in [-0.15, -0.1) is 0 Å². The summed E-state index contributed by atoms with van der Waals surface area (Å²) in [7, 11) is -0.194. The highest BCUT2D eigenvalue weighted by molar-refractivity contribution is 8.19. The Labute approximate surface area is 44.4 Å². The zero-order chi connectivity index (χ0) is 4.28. The Morgan fingerprint density at radius 1 is 1.83 bits per heavy atom. The quantitative estimate of drug-likeness (QED) is 0.483. The molecule has 0 spiro atoms. The van der Waals surface area contributed by atoms with Crippen LogP contribution >= 0.6 is 0 Å². The van der Waals surface area contributed by atoms with Gasteiger partial charge in [0.25, 0.3) is 0 Å². The summed E-state index contributed by atoms with van der Waals surface area (Å²) in [4.78, 5) is 0. The highest BCUT2D eigenvalue weighted by Gasteiger charge is 1.40. The van der Waals surface area contributed by atoms with E-state index in [0.29, 0.717) is 0 Å². The summed E-state index contributed by atoms with van der Waals surface area (Å²) >= 11 is 4.03. The van der Waals surface area contributed by atoms with Crippen LogP contribution in [-0.4, -0.2) is 7.11 Å². The monoisotopic (exact) mass is 127 g/mol. The molecule has 0 aliphatic heterocycles. The van der Waals surface area contributed by atoms with E-state index in [0.717, 1.165) is 0 Å². The van der Waals surface area contributed by atoms with E-state index in [2.05, 4.69) is 15.4 Å². The van der Waals surface area contributed by atoms with E-state index < -0.39 is 9.64 Å². The average Bonchev–Trinajstić information content (AvgIpc) is 1.38. The molecule has 6 heavy (non-hydrogen) atoms. The van der Waals surface area contributed by atoms with Crippen LogP contribution in [0.1, 0.15) is 7.43 Å². The molecule has 0 radical (unpaired) electrons. The molecule has 0 N–H and O–H groups in total. The lowest BCUT2D eigenvalue weighted by Gasteiger charge is -1.86. The van der Waals surface area contributed by atoms with Crippen LogP contribution in [0, 0.1) is 0 Å². The van der Waals surface area contributed by atoms with E-state index in [1.807, 2.05) is 0 Å². The van der Waals surface area contributed by atoms with Crippen molar-refractivity contribution in [1.29, 1.82) is 0 Å². The molecule has 0 aromatic carbocycles. The fourth-order valence-electron chi connectivity index (χ4n) is 0. The molecule has 0 heterocycles. The van der Waals surface area contributed by atoms with Crippen molar-refractivity contribution in [1.82, 2.24) is 0 Å². The molecule has 0 aromatic heterocycles. The molecule has 0 rings (SSSR count). The van der Waals surface area contributed by atoms with Gasteiger partial charge in [0.05, 0.1) is 0 Å². The molecule has 0 amide bonds. The van der Waals surface area contributed by atoms with Crippen molar-refractivity contribution >= 4 is 20.8 Å². The lowest BCUT2D eigenvalue weighted by Crippen LogP contribution is -1.68. The number of hydrogen-bond donors (Lipinski definition) is 0. The van der Waals surface area contributed by atoms with Crippen LogP contribution in [0.15, 0.2) is 0 Å². The fourth-order valence-corrected chi connectivity index (χ4v) is 0. The summed E-state index contributed by atoms with van der Waals surface area (Å²) in [6.45, 7) is 0. The van der Waals surface area contributed by atoms with Crippen molar-refractivity contribution < 1.29 is 8.39 Å². The summed E-state index contributed by atoms with van der Waals surface area (Å²) in [6.07, 6.45) is 0. The lowest BCUT2D eigenvalue weighted by molar-refractivity contribution is 0.444. The molecule has 0 bridgehead atoms. The van der Waals surface area contributed by atoms with E-state index in [4.69, 9.17) is 0 Å². The molecule has 0 fully saturated rings. The zero-order valence-corrected chi connectivity index (χ0v) is 4.27. The van der Waals surface area contributed by atoms with Crippen LogP contribution in [-0.2, 0) is 29.2 Å². The van der Waals surface area contributed by atoms with Gasteiger partial charge in [0.15, 0.2) is 0 Å². The zero-order valence-electron chi connectivity index (χ0n) is 2.63. The minimum atomic E-state index is -1.49. The second-order valence-electron chi connectivity index (χ2n) is 0.371. The highest BCUT2D eigenvalue weighted by Crippen LogP contribution is 1.56. The van der Waals surface area contributed by atoms with E-state index in [-0.39, 0.29) is 7.43 Å². The second-order valence-corrected chi connectivity index (χ2v) is 1.93. The molecule has 40 valence electrons. The Kier molecular flexibility index (Phi) is 8.52. The highest BCUT2D eigenvalue weighted by atomic mass is 32.8. The maximum absolute atomic E-state index is 9.52. The van der Waals surface area contributed by atoms with E-state index in [1.54, 1.807) is 0 Å². The largest absolute Gasteiger partial charge is 0.446 e. The Morgan fingerprint density at radius 3 is 2.00 bits per heavy atom. The first kappa shape index (κ1) is 9.59. The van der Waals surface area contributed by atoms with E-state index in [1.165, 1.54) is 7.11 Å². The van der Waals surface area contributed by atoms with Gasteiger partial charge in [-0.2, -0.15) is 0 Å². The summed E-state index contributed by atoms with van der Waals surface area (Å²) in [5.74, 6) is 0. The third-order valence-corrected chi connectivity index (χ3v) is 0.816. The molecule has 0 unspecified atom stereocenters. The Balaban J connectivity index is 0. The fraction of sp³-hybridized carbons (Fsp3) is 1.00. The van der Waals surface area contributed by atoms with Gasteiger partial charge in [-0.05, 0) is 0 Å².